The van der Waals surface area contributed by atoms with E-state index in [0.717, 1.165) is 44.7 Å². The van der Waals surface area contributed by atoms with Crippen molar-refractivity contribution in [1.29, 1.82) is 0 Å². The third kappa shape index (κ3) is 4.48. The minimum absolute atomic E-state index is 0.205. The van der Waals surface area contributed by atoms with Gasteiger partial charge >= 0.3 is 0 Å². The molecule has 34 heavy (non-hydrogen) atoms. The first kappa shape index (κ1) is 22.0. The molecule has 176 valence electrons. The maximum atomic E-state index is 13.0. The molecule has 0 unspecified atom stereocenters. The lowest BCUT2D eigenvalue weighted by molar-refractivity contribution is 0.0961. The molecule has 1 saturated carbocycles. The van der Waals surface area contributed by atoms with Gasteiger partial charge in [0.05, 0.1) is 11.4 Å². The number of piperazine rings is 1. The summed E-state index contributed by atoms with van der Waals surface area (Å²) in [6.45, 7) is 5.46. The first-order valence-corrected chi connectivity index (χ1v) is 11.7. The van der Waals surface area contributed by atoms with E-state index in [1.54, 1.807) is 19.2 Å². The van der Waals surface area contributed by atoms with Crippen LogP contribution in [0.1, 0.15) is 51.1 Å². The molecule has 8 heteroatoms. The van der Waals surface area contributed by atoms with Gasteiger partial charge in [0.15, 0.2) is 11.6 Å². The summed E-state index contributed by atoms with van der Waals surface area (Å²) < 4.78 is 5.48. The van der Waals surface area contributed by atoms with E-state index in [9.17, 15) is 9.59 Å². The Bertz CT molecular complexity index is 1210. The zero-order valence-corrected chi connectivity index (χ0v) is 19.5. The van der Waals surface area contributed by atoms with E-state index in [0.29, 0.717) is 23.1 Å². The molecule has 0 atom stereocenters. The van der Waals surface area contributed by atoms with Crippen molar-refractivity contribution in [2.75, 3.05) is 48.3 Å². The summed E-state index contributed by atoms with van der Waals surface area (Å²) in [6, 6.07) is 13.8. The van der Waals surface area contributed by atoms with Crippen molar-refractivity contribution in [1.82, 2.24) is 10.3 Å². The fourth-order valence-corrected chi connectivity index (χ4v) is 4.40. The van der Waals surface area contributed by atoms with Gasteiger partial charge in [-0.25, -0.2) is 4.98 Å². The zero-order chi connectivity index (χ0) is 23.7. The molecule has 1 aliphatic heterocycles. The average Bonchev–Trinajstić information content (AvgIpc) is 3.60. The molecule has 2 amide bonds. The fraction of sp³-hybridized carbons (Fsp3) is 0.346. The van der Waals surface area contributed by atoms with Crippen LogP contribution in [-0.2, 0) is 0 Å². The first-order chi connectivity index (χ1) is 16.5. The lowest BCUT2D eigenvalue weighted by Gasteiger charge is -2.38. The molecule has 1 saturated heterocycles. The van der Waals surface area contributed by atoms with E-state index in [1.807, 2.05) is 6.07 Å². The molecule has 2 aromatic carbocycles. The summed E-state index contributed by atoms with van der Waals surface area (Å²) in [4.78, 5) is 34.2. The van der Waals surface area contributed by atoms with Crippen LogP contribution in [0.4, 0.5) is 17.1 Å². The summed E-state index contributed by atoms with van der Waals surface area (Å²) in [7, 11) is 1.59. The molecule has 5 rings (SSSR count). The number of oxazole rings is 1. The number of benzene rings is 2. The number of amides is 2. The molecule has 0 spiro atoms. The highest BCUT2D eigenvalue weighted by Crippen LogP contribution is 2.39. The van der Waals surface area contributed by atoms with Crippen molar-refractivity contribution < 1.29 is 14.0 Å². The monoisotopic (exact) mass is 459 g/mol. The van der Waals surface area contributed by atoms with E-state index < -0.39 is 0 Å². The first-order valence-electron chi connectivity index (χ1n) is 11.7. The van der Waals surface area contributed by atoms with Crippen LogP contribution in [0, 0.1) is 6.92 Å². The Labute approximate surface area is 199 Å². The van der Waals surface area contributed by atoms with Gasteiger partial charge in [0.25, 0.3) is 11.8 Å². The Morgan fingerprint density at radius 3 is 2.35 bits per heavy atom. The van der Waals surface area contributed by atoms with E-state index in [-0.39, 0.29) is 17.5 Å². The van der Waals surface area contributed by atoms with E-state index in [2.05, 4.69) is 56.6 Å². The van der Waals surface area contributed by atoms with Crippen LogP contribution >= 0.6 is 0 Å². The fourth-order valence-electron chi connectivity index (χ4n) is 4.40. The van der Waals surface area contributed by atoms with Crippen molar-refractivity contribution in [3.63, 3.8) is 0 Å². The molecule has 1 aromatic heterocycles. The normalized spacial score (nSPS) is 15.8. The maximum Gasteiger partial charge on any atom is 0.277 e. The van der Waals surface area contributed by atoms with Gasteiger partial charge < -0.3 is 24.9 Å². The molecule has 0 bridgehead atoms. The topological polar surface area (TPSA) is 90.7 Å². The van der Waals surface area contributed by atoms with Crippen LogP contribution in [-0.4, -0.2) is 50.0 Å². The smallest absolute Gasteiger partial charge is 0.277 e. The summed E-state index contributed by atoms with van der Waals surface area (Å²) >= 11 is 0. The van der Waals surface area contributed by atoms with Gasteiger partial charge in [0.2, 0.25) is 0 Å². The van der Waals surface area contributed by atoms with Crippen molar-refractivity contribution in [3.8, 4) is 0 Å². The third-order valence-corrected chi connectivity index (χ3v) is 6.49. The summed E-state index contributed by atoms with van der Waals surface area (Å²) in [5.74, 6) is 0.406. The minimum Gasteiger partial charge on any atom is -0.448 e. The van der Waals surface area contributed by atoms with Gasteiger partial charge in [0, 0.05) is 50.4 Å². The Balaban J connectivity index is 1.36. The second kappa shape index (κ2) is 9.21. The number of hydrogen-bond donors (Lipinski definition) is 2. The van der Waals surface area contributed by atoms with Gasteiger partial charge in [0.1, 0.15) is 6.26 Å². The molecule has 2 aliphatic rings. The number of carbonyl (C=O) groups excluding carboxylic acids is 2. The van der Waals surface area contributed by atoms with Crippen LogP contribution < -0.4 is 20.4 Å². The molecular formula is C26H29N5O3. The second-order valence-corrected chi connectivity index (χ2v) is 8.87. The van der Waals surface area contributed by atoms with E-state index in [1.165, 1.54) is 17.5 Å². The average molecular weight is 460 g/mol. The Hall–Kier alpha value is -3.81. The number of hydrogen-bond acceptors (Lipinski definition) is 6. The second-order valence-electron chi connectivity index (χ2n) is 8.87. The minimum atomic E-state index is -0.343. The highest BCUT2D eigenvalue weighted by atomic mass is 16.3. The van der Waals surface area contributed by atoms with Crippen LogP contribution in [0.15, 0.2) is 53.1 Å². The van der Waals surface area contributed by atoms with E-state index >= 15 is 0 Å². The molecular weight excluding hydrogens is 430 g/mol. The van der Waals surface area contributed by atoms with Crippen molar-refractivity contribution in [2.24, 2.45) is 0 Å². The number of rotatable bonds is 6. The molecule has 2 heterocycles. The lowest BCUT2D eigenvalue weighted by Crippen LogP contribution is -2.47. The lowest BCUT2D eigenvalue weighted by atomic mass is 10.1. The number of nitrogens with zero attached hydrogens (tertiary/aromatic N) is 3. The third-order valence-electron chi connectivity index (χ3n) is 6.49. The Morgan fingerprint density at radius 1 is 0.971 bits per heavy atom. The van der Waals surface area contributed by atoms with Crippen LogP contribution in [0.5, 0.6) is 0 Å². The number of aryl methyl sites for hydroxylation is 1. The molecule has 8 nitrogen and oxygen atoms in total. The number of nitrogens with one attached hydrogen (secondary N) is 2. The van der Waals surface area contributed by atoms with Gasteiger partial charge in [-0.15, -0.1) is 0 Å². The van der Waals surface area contributed by atoms with E-state index in [4.69, 9.17) is 4.42 Å². The molecule has 2 fully saturated rings. The number of anilines is 3. The Kier molecular flexibility index (Phi) is 5.96. The van der Waals surface area contributed by atoms with Crippen molar-refractivity contribution in [3.05, 3.63) is 71.4 Å². The van der Waals surface area contributed by atoms with Gasteiger partial charge in [-0.3, -0.25) is 9.59 Å². The highest BCUT2D eigenvalue weighted by molar-refractivity contribution is 6.06. The Morgan fingerprint density at radius 2 is 1.68 bits per heavy atom. The van der Waals surface area contributed by atoms with Crippen molar-refractivity contribution in [2.45, 2.75) is 25.7 Å². The summed E-state index contributed by atoms with van der Waals surface area (Å²) in [6.07, 6.45) is 3.51. The number of aromatic nitrogens is 1. The van der Waals surface area contributed by atoms with Gasteiger partial charge in [-0.2, -0.15) is 0 Å². The summed E-state index contributed by atoms with van der Waals surface area (Å²) in [5.41, 5.74) is 4.73. The predicted molar refractivity (Wildman–Crippen MR) is 132 cm³/mol. The SMILES string of the molecule is CNC(=O)c1ccc(N2CCN(c3ccccc3C)CC2)c(NC(=O)c2coc(C3CC3)n2)c1. The van der Waals surface area contributed by atoms with Crippen molar-refractivity contribution >= 4 is 28.9 Å². The maximum absolute atomic E-state index is 13.0. The quantitative estimate of drug-likeness (QED) is 0.583. The standard InChI is InChI=1S/C26H29N5O3/c1-17-5-3-4-6-22(17)30-11-13-31(14-12-30)23-10-9-19(24(32)27-2)15-20(23)28-25(33)21-16-34-26(29-21)18-7-8-18/h3-6,9-10,15-16,18H,7-8,11-14H2,1-2H3,(H,27,32)(H,28,33). The van der Waals surface area contributed by atoms with Crippen LogP contribution in [0.3, 0.4) is 0 Å². The summed E-state index contributed by atoms with van der Waals surface area (Å²) in [5, 5.41) is 5.62. The highest BCUT2D eigenvalue weighted by Gasteiger charge is 2.30. The van der Waals surface area contributed by atoms with Gasteiger partial charge in [-0.1, -0.05) is 18.2 Å². The number of carbonyl (C=O) groups is 2. The molecule has 3 aromatic rings. The molecule has 0 radical (unpaired) electrons. The zero-order valence-electron chi connectivity index (χ0n) is 19.5. The molecule has 1 aliphatic carbocycles. The largest absolute Gasteiger partial charge is 0.448 e. The van der Waals surface area contributed by atoms with Crippen LogP contribution in [0.2, 0.25) is 0 Å². The van der Waals surface area contributed by atoms with Gasteiger partial charge in [-0.05, 0) is 49.6 Å². The number of para-hydroxylation sites is 1. The predicted octanol–water partition coefficient (Wildman–Crippen LogP) is 3.80. The molecule has 2 N–H and O–H groups in total. The van der Waals surface area contributed by atoms with Crippen LogP contribution in [0.25, 0.3) is 0 Å².